The Morgan fingerprint density at radius 1 is 1.23 bits per heavy atom. The van der Waals surface area contributed by atoms with Gasteiger partial charge in [-0.05, 0) is 25.5 Å². The average molecular weight is 326 g/mol. The third-order valence-corrected chi connectivity index (χ3v) is 4.71. The summed E-state index contributed by atoms with van der Waals surface area (Å²) in [5.74, 6) is -0.175. The van der Waals surface area contributed by atoms with Crippen molar-refractivity contribution in [1.29, 1.82) is 0 Å². The highest BCUT2D eigenvalue weighted by atomic mass is 32.2. The maximum Gasteiger partial charge on any atom is 0.251 e. The van der Waals surface area contributed by atoms with Gasteiger partial charge >= 0.3 is 0 Å². The van der Waals surface area contributed by atoms with Gasteiger partial charge in [-0.1, -0.05) is 37.5 Å². The molecule has 0 aromatic heterocycles. The van der Waals surface area contributed by atoms with Crippen molar-refractivity contribution in [1.82, 2.24) is 9.62 Å². The molecular weight excluding hydrogens is 300 g/mol. The Bertz CT molecular complexity index is 585. The Hall–Kier alpha value is -1.40. The van der Waals surface area contributed by atoms with Crippen LogP contribution in [0.3, 0.4) is 0 Å². The number of benzene rings is 1. The lowest BCUT2D eigenvalue weighted by Gasteiger charge is -2.20. The summed E-state index contributed by atoms with van der Waals surface area (Å²) >= 11 is 0. The van der Waals surface area contributed by atoms with Gasteiger partial charge in [0, 0.05) is 25.2 Å². The quantitative estimate of drug-likeness (QED) is 0.707. The third-order valence-electron chi connectivity index (χ3n) is 3.41. The van der Waals surface area contributed by atoms with Crippen molar-refractivity contribution in [2.75, 3.05) is 25.9 Å². The van der Waals surface area contributed by atoms with Crippen molar-refractivity contribution in [3.63, 3.8) is 0 Å². The number of hydrogen-bond donors (Lipinski definition) is 1. The topological polar surface area (TPSA) is 66.5 Å². The molecule has 5 nitrogen and oxygen atoms in total. The molecule has 0 spiro atoms. The number of nitrogens with zero attached hydrogens (tertiary/aromatic N) is 1. The van der Waals surface area contributed by atoms with Crippen LogP contribution in [-0.4, -0.2) is 44.5 Å². The van der Waals surface area contributed by atoms with Crippen LogP contribution in [0.25, 0.3) is 0 Å². The van der Waals surface area contributed by atoms with Crippen LogP contribution >= 0.6 is 0 Å². The van der Waals surface area contributed by atoms with Gasteiger partial charge in [0.05, 0.1) is 6.26 Å². The number of rotatable bonds is 9. The summed E-state index contributed by atoms with van der Waals surface area (Å²) in [6, 6.07) is 7.32. The lowest BCUT2D eigenvalue weighted by molar-refractivity contribution is 0.0951. The van der Waals surface area contributed by atoms with E-state index in [-0.39, 0.29) is 5.91 Å². The van der Waals surface area contributed by atoms with Gasteiger partial charge in [0.2, 0.25) is 10.0 Å². The van der Waals surface area contributed by atoms with E-state index in [1.807, 2.05) is 25.1 Å². The van der Waals surface area contributed by atoms with Crippen LogP contribution in [-0.2, 0) is 10.0 Å². The molecule has 124 valence electrons. The molecule has 1 amide bonds. The predicted molar refractivity (Wildman–Crippen MR) is 89.5 cm³/mol. The summed E-state index contributed by atoms with van der Waals surface area (Å²) in [7, 11) is -3.23. The van der Waals surface area contributed by atoms with E-state index >= 15 is 0 Å². The van der Waals surface area contributed by atoms with Crippen molar-refractivity contribution in [3.8, 4) is 0 Å². The zero-order valence-electron chi connectivity index (χ0n) is 13.6. The molecule has 1 aromatic rings. The molecule has 22 heavy (non-hydrogen) atoms. The van der Waals surface area contributed by atoms with E-state index in [0.717, 1.165) is 24.8 Å². The Balaban J connectivity index is 2.50. The largest absolute Gasteiger partial charge is 0.351 e. The van der Waals surface area contributed by atoms with Crippen molar-refractivity contribution < 1.29 is 13.2 Å². The monoisotopic (exact) mass is 326 g/mol. The van der Waals surface area contributed by atoms with Gasteiger partial charge in [-0.3, -0.25) is 4.79 Å². The minimum atomic E-state index is -3.23. The number of carbonyl (C=O) groups is 1. The van der Waals surface area contributed by atoms with Gasteiger partial charge in [-0.15, -0.1) is 0 Å². The smallest absolute Gasteiger partial charge is 0.251 e. The zero-order valence-corrected chi connectivity index (χ0v) is 14.4. The van der Waals surface area contributed by atoms with Crippen molar-refractivity contribution in [2.45, 2.75) is 33.1 Å². The molecule has 1 rings (SSSR count). The first-order chi connectivity index (χ1) is 10.3. The zero-order chi connectivity index (χ0) is 16.6. The number of sulfonamides is 1. The fourth-order valence-corrected chi connectivity index (χ4v) is 3.05. The van der Waals surface area contributed by atoms with Gasteiger partial charge in [0.25, 0.3) is 5.91 Å². The van der Waals surface area contributed by atoms with Crippen LogP contribution in [0.4, 0.5) is 0 Å². The summed E-state index contributed by atoms with van der Waals surface area (Å²) in [6.07, 6.45) is 4.10. The molecule has 0 atom stereocenters. The van der Waals surface area contributed by atoms with E-state index in [9.17, 15) is 13.2 Å². The minimum Gasteiger partial charge on any atom is -0.351 e. The molecule has 1 aromatic carbocycles. The van der Waals surface area contributed by atoms with Gasteiger partial charge in [0.1, 0.15) is 0 Å². The molecule has 0 aliphatic heterocycles. The average Bonchev–Trinajstić information content (AvgIpc) is 2.44. The van der Waals surface area contributed by atoms with Gasteiger partial charge in [-0.2, -0.15) is 0 Å². The molecule has 0 aliphatic carbocycles. The summed E-state index contributed by atoms with van der Waals surface area (Å²) < 4.78 is 24.9. The van der Waals surface area contributed by atoms with Crippen LogP contribution in [0.2, 0.25) is 0 Å². The first kappa shape index (κ1) is 18.6. The number of amides is 1. The number of carbonyl (C=O) groups excluding carboxylic acids is 1. The summed E-state index contributed by atoms with van der Waals surface area (Å²) in [4.78, 5) is 12.0. The maximum atomic E-state index is 12.0. The van der Waals surface area contributed by atoms with Gasteiger partial charge < -0.3 is 5.32 Å². The molecule has 0 saturated heterocycles. The highest BCUT2D eigenvalue weighted by molar-refractivity contribution is 7.88. The molecular formula is C16H26N2O3S. The van der Waals surface area contributed by atoms with E-state index in [2.05, 4.69) is 12.2 Å². The first-order valence-corrected chi connectivity index (χ1v) is 9.49. The molecule has 6 heteroatoms. The number of unbranched alkanes of at least 4 members (excludes halogenated alkanes) is 2. The molecule has 0 aliphatic rings. The molecule has 0 unspecified atom stereocenters. The van der Waals surface area contributed by atoms with E-state index in [1.54, 1.807) is 6.07 Å². The Morgan fingerprint density at radius 2 is 1.95 bits per heavy atom. The number of nitrogens with one attached hydrogen (secondary N) is 1. The van der Waals surface area contributed by atoms with Crippen LogP contribution in [0.5, 0.6) is 0 Å². The molecule has 0 fully saturated rings. The highest BCUT2D eigenvalue weighted by Gasteiger charge is 2.16. The first-order valence-electron chi connectivity index (χ1n) is 7.64. The van der Waals surface area contributed by atoms with Crippen LogP contribution in [0.1, 0.15) is 42.1 Å². The van der Waals surface area contributed by atoms with Crippen molar-refractivity contribution in [2.24, 2.45) is 0 Å². The number of aryl methyl sites for hydroxylation is 1. The van der Waals surface area contributed by atoms with Crippen LogP contribution in [0, 0.1) is 6.92 Å². The van der Waals surface area contributed by atoms with Crippen LogP contribution < -0.4 is 5.32 Å². The fraction of sp³-hybridized carbons (Fsp3) is 0.562. The molecule has 0 saturated carbocycles. The maximum absolute atomic E-state index is 12.0. The lowest BCUT2D eigenvalue weighted by atomic mass is 10.1. The molecule has 1 N–H and O–H groups in total. The summed E-state index contributed by atoms with van der Waals surface area (Å²) in [5.41, 5.74) is 1.61. The molecule has 0 radical (unpaired) electrons. The second-order valence-electron chi connectivity index (χ2n) is 5.49. The summed E-state index contributed by atoms with van der Waals surface area (Å²) in [6.45, 7) is 5.13. The Morgan fingerprint density at radius 3 is 2.55 bits per heavy atom. The van der Waals surface area contributed by atoms with Gasteiger partial charge in [-0.25, -0.2) is 12.7 Å². The predicted octanol–water partition coefficient (Wildman–Crippen LogP) is 2.18. The minimum absolute atomic E-state index is 0.175. The van der Waals surface area contributed by atoms with E-state index < -0.39 is 10.0 Å². The van der Waals surface area contributed by atoms with E-state index in [1.165, 1.54) is 10.6 Å². The normalized spacial score (nSPS) is 11.6. The van der Waals surface area contributed by atoms with Crippen molar-refractivity contribution in [3.05, 3.63) is 35.4 Å². The standard InChI is InChI=1S/C16H26N2O3S/c1-4-5-6-11-18(22(3,20)21)12-10-17-16(19)15-9-7-8-14(2)13-15/h7-9,13H,4-6,10-12H2,1-3H3,(H,17,19). The molecule has 0 heterocycles. The SMILES string of the molecule is CCCCCN(CCNC(=O)c1cccc(C)c1)S(C)(=O)=O. The van der Waals surface area contributed by atoms with Gasteiger partial charge in [0.15, 0.2) is 0 Å². The second-order valence-corrected chi connectivity index (χ2v) is 7.48. The number of hydrogen-bond acceptors (Lipinski definition) is 3. The Kier molecular flexibility index (Phi) is 7.55. The highest BCUT2D eigenvalue weighted by Crippen LogP contribution is 2.05. The Labute approximate surface area is 133 Å². The molecule has 0 bridgehead atoms. The fourth-order valence-electron chi connectivity index (χ4n) is 2.16. The lowest BCUT2D eigenvalue weighted by Crippen LogP contribution is -2.38. The van der Waals surface area contributed by atoms with E-state index in [0.29, 0.717) is 25.2 Å². The van der Waals surface area contributed by atoms with Crippen LogP contribution in [0.15, 0.2) is 24.3 Å². The van der Waals surface area contributed by atoms with Crippen molar-refractivity contribution >= 4 is 15.9 Å². The third kappa shape index (κ3) is 6.58. The second kappa shape index (κ2) is 8.90. The summed E-state index contributed by atoms with van der Waals surface area (Å²) in [5, 5.41) is 2.77. The van der Waals surface area contributed by atoms with E-state index in [4.69, 9.17) is 0 Å².